The second-order valence-corrected chi connectivity index (χ2v) is 11.7. The molecule has 3 nitrogen and oxygen atoms in total. The smallest absolute Gasteiger partial charge is 0.217 e. The Balaban J connectivity index is 2.23. The van der Waals surface area contributed by atoms with Crippen LogP contribution in [0.15, 0.2) is 54.6 Å². The third-order valence-corrected chi connectivity index (χ3v) is 6.44. The lowest BCUT2D eigenvalue weighted by molar-refractivity contribution is -0.120. The van der Waals surface area contributed by atoms with Gasteiger partial charge < -0.3 is 5.32 Å². The summed E-state index contributed by atoms with van der Waals surface area (Å²) in [5, 5.41) is 4.43. The number of aromatic nitrogens is 1. The van der Waals surface area contributed by atoms with E-state index in [1.165, 1.54) is 11.1 Å². The lowest BCUT2D eigenvalue weighted by Crippen LogP contribution is -2.34. The highest BCUT2D eigenvalue weighted by Gasteiger charge is 2.32. The number of para-hydroxylation sites is 1. The molecule has 0 fully saturated rings. The molecule has 2 atom stereocenters. The van der Waals surface area contributed by atoms with Gasteiger partial charge in [-0.15, -0.1) is 0 Å². The fourth-order valence-electron chi connectivity index (χ4n) is 4.46. The Hall–Kier alpha value is -2.68. The van der Waals surface area contributed by atoms with Crippen LogP contribution in [0, 0.1) is 5.92 Å². The summed E-state index contributed by atoms with van der Waals surface area (Å²) in [7, 11) is 0. The van der Waals surface area contributed by atoms with E-state index >= 15 is 0 Å². The number of amides is 1. The number of benzene rings is 2. The molecular formula is C30H40N2O. The normalized spacial score (nSPS) is 14.4. The first-order valence-electron chi connectivity index (χ1n) is 12.1. The third kappa shape index (κ3) is 5.82. The van der Waals surface area contributed by atoms with E-state index in [1.807, 2.05) is 12.1 Å². The molecule has 1 aromatic heterocycles. The van der Waals surface area contributed by atoms with Crippen LogP contribution in [-0.2, 0) is 15.6 Å². The van der Waals surface area contributed by atoms with Gasteiger partial charge in [-0.2, -0.15) is 0 Å². The van der Waals surface area contributed by atoms with Gasteiger partial charge in [0, 0.05) is 23.9 Å². The quantitative estimate of drug-likeness (QED) is 0.444. The maximum atomic E-state index is 12.4. The summed E-state index contributed by atoms with van der Waals surface area (Å²) in [6.07, 6.45) is 0. The second-order valence-electron chi connectivity index (χ2n) is 11.7. The van der Waals surface area contributed by atoms with Gasteiger partial charge in [0.1, 0.15) is 0 Å². The van der Waals surface area contributed by atoms with E-state index < -0.39 is 0 Å². The van der Waals surface area contributed by atoms with E-state index in [0.717, 1.165) is 22.2 Å². The predicted molar refractivity (Wildman–Crippen MR) is 140 cm³/mol. The largest absolute Gasteiger partial charge is 0.349 e. The summed E-state index contributed by atoms with van der Waals surface area (Å²) in [5.74, 6) is 0.304. The van der Waals surface area contributed by atoms with E-state index in [4.69, 9.17) is 4.98 Å². The van der Waals surface area contributed by atoms with Crippen molar-refractivity contribution >= 4 is 16.8 Å². The molecule has 1 amide bonds. The summed E-state index contributed by atoms with van der Waals surface area (Å²) in [4.78, 5) is 17.5. The highest BCUT2D eigenvalue weighted by molar-refractivity contribution is 5.78. The molecule has 0 aliphatic carbocycles. The van der Waals surface area contributed by atoms with Crippen LogP contribution in [0.2, 0.25) is 0 Å². The number of rotatable bonds is 5. The van der Waals surface area contributed by atoms with Crippen molar-refractivity contribution in [2.45, 2.75) is 85.1 Å². The number of nitrogens with zero attached hydrogens (tertiary/aromatic N) is 1. The molecule has 0 aliphatic rings. The number of pyridine rings is 1. The average Bonchev–Trinajstić information content (AvgIpc) is 2.71. The van der Waals surface area contributed by atoms with Crippen molar-refractivity contribution in [2.24, 2.45) is 5.92 Å². The number of carbonyl (C=O) groups is 1. The molecule has 33 heavy (non-hydrogen) atoms. The molecule has 1 heterocycles. The monoisotopic (exact) mass is 444 g/mol. The van der Waals surface area contributed by atoms with Crippen molar-refractivity contribution in [2.75, 3.05) is 0 Å². The summed E-state index contributed by atoms with van der Waals surface area (Å²) in [6, 6.07) is 19.2. The van der Waals surface area contributed by atoms with E-state index in [-0.39, 0.29) is 34.6 Å². The van der Waals surface area contributed by atoms with Crippen molar-refractivity contribution < 1.29 is 4.79 Å². The number of hydrogen-bond donors (Lipinski definition) is 1. The van der Waals surface area contributed by atoms with Gasteiger partial charge in [0.25, 0.3) is 0 Å². The number of nitrogens with one attached hydrogen (secondary N) is 1. The maximum Gasteiger partial charge on any atom is 0.217 e. The molecular weight excluding hydrogens is 404 g/mol. The molecule has 0 saturated carbocycles. The van der Waals surface area contributed by atoms with Crippen LogP contribution < -0.4 is 5.32 Å². The molecule has 2 aromatic carbocycles. The zero-order chi connectivity index (χ0) is 24.6. The van der Waals surface area contributed by atoms with Crippen LogP contribution in [0.1, 0.15) is 96.7 Å². The standard InChI is InChI=1S/C30H40N2O/c1-19(2)27(26-15-14-21-12-10-11-13-25(21)32-26)28(31-20(3)33)22-16-23(29(4,5)6)18-24(17-22)30(7,8)9/h10-19,27-28H,1-9H3,(H,31,33). The fraction of sp³-hybridized carbons (Fsp3) is 0.467. The summed E-state index contributed by atoms with van der Waals surface area (Å²) < 4.78 is 0. The Bertz CT molecular complexity index is 1100. The predicted octanol–water partition coefficient (Wildman–Crippen LogP) is 7.45. The average molecular weight is 445 g/mol. The molecule has 0 bridgehead atoms. The first-order valence-corrected chi connectivity index (χ1v) is 12.1. The van der Waals surface area contributed by atoms with Crippen molar-refractivity contribution in [3.63, 3.8) is 0 Å². The van der Waals surface area contributed by atoms with Crippen LogP contribution in [-0.4, -0.2) is 10.9 Å². The Kier molecular flexibility index (Phi) is 7.02. The van der Waals surface area contributed by atoms with Crippen molar-refractivity contribution in [3.05, 3.63) is 77.0 Å². The van der Waals surface area contributed by atoms with Crippen LogP contribution in [0.25, 0.3) is 10.9 Å². The zero-order valence-electron chi connectivity index (χ0n) is 21.8. The van der Waals surface area contributed by atoms with E-state index in [1.54, 1.807) is 6.92 Å². The summed E-state index contributed by atoms with van der Waals surface area (Å²) in [6.45, 7) is 19.5. The van der Waals surface area contributed by atoms with Gasteiger partial charge in [0.05, 0.1) is 11.6 Å². The summed E-state index contributed by atoms with van der Waals surface area (Å²) >= 11 is 0. The van der Waals surface area contributed by atoms with Crippen LogP contribution in [0.4, 0.5) is 0 Å². The van der Waals surface area contributed by atoms with Crippen LogP contribution in [0.5, 0.6) is 0 Å². The number of hydrogen-bond acceptors (Lipinski definition) is 2. The minimum atomic E-state index is -0.167. The van der Waals surface area contributed by atoms with Gasteiger partial charge >= 0.3 is 0 Å². The minimum Gasteiger partial charge on any atom is -0.349 e. The summed E-state index contributed by atoms with van der Waals surface area (Å²) in [5.41, 5.74) is 5.73. The molecule has 0 radical (unpaired) electrons. The highest BCUT2D eigenvalue weighted by Crippen LogP contribution is 2.40. The van der Waals surface area contributed by atoms with E-state index in [2.05, 4.69) is 103 Å². The molecule has 176 valence electrons. The minimum absolute atomic E-state index is 0.00527. The lowest BCUT2D eigenvalue weighted by Gasteiger charge is -2.34. The Morgan fingerprint density at radius 2 is 1.42 bits per heavy atom. The van der Waals surface area contributed by atoms with Gasteiger partial charge in [-0.05, 0) is 45.6 Å². The van der Waals surface area contributed by atoms with Gasteiger partial charge in [0.2, 0.25) is 5.91 Å². The first kappa shape index (κ1) is 25.0. The lowest BCUT2D eigenvalue weighted by atomic mass is 9.75. The molecule has 0 aliphatic heterocycles. The Morgan fingerprint density at radius 3 is 1.94 bits per heavy atom. The van der Waals surface area contributed by atoms with Crippen molar-refractivity contribution in [3.8, 4) is 0 Å². The van der Waals surface area contributed by atoms with Crippen molar-refractivity contribution in [1.29, 1.82) is 0 Å². The van der Waals surface area contributed by atoms with Crippen LogP contribution >= 0.6 is 0 Å². The molecule has 0 saturated heterocycles. The fourth-order valence-corrected chi connectivity index (χ4v) is 4.46. The van der Waals surface area contributed by atoms with E-state index in [0.29, 0.717) is 0 Å². The van der Waals surface area contributed by atoms with E-state index in [9.17, 15) is 4.79 Å². The van der Waals surface area contributed by atoms with Crippen molar-refractivity contribution in [1.82, 2.24) is 10.3 Å². The van der Waals surface area contributed by atoms with Gasteiger partial charge in [0.15, 0.2) is 0 Å². The van der Waals surface area contributed by atoms with Crippen LogP contribution in [0.3, 0.4) is 0 Å². The molecule has 2 unspecified atom stereocenters. The SMILES string of the molecule is CC(=O)NC(c1cc(C(C)(C)C)cc(C(C)(C)C)c1)C(c1ccc2ccccc2n1)C(C)C. The number of fused-ring (bicyclic) bond motifs is 1. The van der Waals surface area contributed by atoms with Gasteiger partial charge in [-0.3, -0.25) is 9.78 Å². The molecule has 1 N–H and O–H groups in total. The number of carbonyl (C=O) groups excluding carboxylic acids is 1. The molecule has 3 rings (SSSR count). The second kappa shape index (κ2) is 9.29. The Morgan fingerprint density at radius 1 is 0.848 bits per heavy atom. The van der Waals surface area contributed by atoms with Gasteiger partial charge in [-0.25, -0.2) is 0 Å². The van der Waals surface area contributed by atoms with Gasteiger partial charge in [-0.1, -0.05) is 97.9 Å². The molecule has 3 aromatic rings. The highest BCUT2D eigenvalue weighted by atomic mass is 16.1. The Labute approximate surface area is 200 Å². The topological polar surface area (TPSA) is 42.0 Å². The molecule has 0 spiro atoms. The zero-order valence-corrected chi connectivity index (χ0v) is 21.8. The third-order valence-electron chi connectivity index (χ3n) is 6.44. The first-order chi connectivity index (χ1) is 15.3. The molecule has 3 heteroatoms. The maximum absolute atomic E-state index is 12.4.